The summed E-state index contributed by atoms with van der Waals surface area (Å²) >= 11 is 0.775. The molecule has 34 heavy (non-hydrogen) atoms. The molecule has 2 aromatic heterocycles. The normalized spacial score (nSPS) is 10.8. The molecule has 0 bridgehead atoms. The number of nitrogens with one attached hydrogen (secondary N) is 1. The fourth-order valence-electron chi connectivity index (χ4n) is 3.17. The lowest BCUT2D eigenvalue weighted by molar-refractivity contribution is -0.117. The zero-order chi connectivity index (χ0) is 25.0. The molecule has 12 nitrogen and oxygen atoms in total. The number of carbonyl (C=O) groups is 4. The van der Waals surface area contributed by atoms with Gasteiger partial charge in [-0.2, -0.15) is 5.10 Å². The van der Waals surface area contributed by atoms with Crippen LogP contribution in [0.2, 0.25) is 0 Å². The third-order valence-electron chi connectivity index (χ3n) is 4.71. The molecule has 3 aromatic rings. The van der Waals surface area contributed by atoms with Crippen molar-refractivity contribution in [1.82, 2.24) is 9.78 Å². The Morgan fingerprint density at radius 3 is 2.47 bits per heavy atom. The van der Waals surface area contributed by atoms with E-state index in [-0.39, 0.29) is 45.0 Å². The number of esters is 1. The highest BCUT2D eigenvalue weighted by molar-refractivity contribution is 7.18. The van der Waals surface area contributed by atoms with Gasteiger partial charge in [0.05, 0.1) is 22.4 Å². The fourth-order valence-corrected chi connectivity index (χ4v) is 4.24. The number of primary amides is 1. The number of aromatic carboxylic acids is 1. The number of carboxylic acid groups (broad SMARTS) is 1. The summed E-state index contributed by atoms with van der Waals surface area (Å²) in [6.45, 7) is 0.915. The molecule has 0 aliphatic rings. The Labute approximate surface area is 195 Å². The Bertz CT molecular complexity index is 1360. The van der Waals surface area contributed by atoms with Crippen LogP contribution in [0.5, 0.6) is 0 Å². The molecule has 0 fully saturated rings. The van der Waals surface area contributed by atoms with E-state index in [9.17, 15) is 29.1 Å². The number of ether oxygens (including phenoxy) is 2. The van der Waals surface area contributed by atoms with E-state index < -0.39 is 41.6 Å². The average Bonchev–Trinajstić information content (AvgIpc) is 3.11. The number of benzene rings is 1. The van der Waals surface area contributed by atoms with Crippen LogP contribution in [-0.2, 0) is 20.8 Å². The highest BCUT2D eigenvalue weighted by Gasteiger charge is 2.26. The van der Waals surface area contributed by atoms with Crippen LogP contribution in [0.4, 0.5) is 5.00 Å². The van der Waals surface area contributed by atoms with Crippen molar-refractivity contribution in [3.8, 4) is 0 Å². The number of hydrogen-bond acceptors (Lipinski definition) is 9. The topological polar surface area (TPSA) is 180 Å². The van der Waals surface area contributed by atoms with Gasteiger partial charge in [-0.3, -0.25) is 14.4 Å². The van der Waals surface area contributed by atoms with E-state index in [1.165, 1.54) is 26.2 Å². The number of methoxy groups -OCH3 is 1. The van der Waals surface area contributed by atoms with Crippen molar-refractivity contribution in [3.05, 3.63) is 56.3 Å². The summed E-state index contributed by atoms with van der Waals surface area (Å²) in [5.74, 6) is -3.76. The molecule has 178 valence electrons. The number of aromatic nitrogens is 2. The van der Waals surface area contributed by atoms with Gasteiger partial charge in [-0.15, -0.1) is 11.3 Å². The van der Waals surface area contributed by atoms with Gasteiger partial charge in [0.25, 0.3) is 11.5 Å². The van der Waals surface area contributed by atoms with Gasteiger partial charge in [-0.25, -0.2) is 14.3 Å². The van der Waals surface area contributed by atoms with Crippen molar-refractivity contribution in [2.75, 3.05) is 25.6 Å². The predicted molar refractivity (Wildman–Crippen MR) is 121 cm³/mol. The molecule has 13 heteroatoms. The monoisotopic (exact) mass is 488 g/mol. The SMILES string of the molecule is COCCOC(=O)c1c(NC(=O)Cn2nc(C(=O)O)c3ccccc3c2=O)sc(C(N)=O)c1C. The molecular formula is C21H20N4O8S. The summed E-state index contributed by atoms with van der Waals surface area (Å²) in [7, 11) is 1.43. The molecule has 2 heterocycles. The quantitative estimate of drug-likeness (QED) is 0.292. The Balaban J connectivity index is 1.94. The van der Waals surface area contributed by atoms with Gasteiger partial charge < -0.3 is 25.6 Å². The van der Waals surface area contributed by atoms with E-state index in [4.69, 9.17) is 15.2 Å². The van der Waals surface area contributed by atoms with Gasteiger partial charge in [0, 0.05) is 12.5 Å². The van der Waals surface area contributed by atoms with E-state index in [2.05, 4.69) is 10.4 Å². The van der Waals surface area contributed by atoms with Crippen molar-refractivity contribution in [2.24, 2.45) is 5.73 Å². The molecule has 4 N–H and O–H groups in total. The zero-order valence-corrected chi connectivity index (χ0v) is 18.9. The number of anilines is 1. The lowest BCUT2D eigenvalue weighted by Gasteiger charge is -2.10. The lowest BCUT2D eigenvalue weighted by atomic mass is 10.1. The second kappa shape index (κ2) is 10.2. The standard InChI is InChI=1S/C21H20N4O8S/c1-10-14(21(31)33-8-7-32-2)18(34-16(10)17(22)27)23-13(26)9-25-19(28)12-6-4-3-5-11(12)15(24-25)20(29)30/h3-6H,7-9H2,1-2H3,(H2,22,27)(H,23,26)(H,29,30). The summed E-state index contributed by atoms with van der Waals surface area (Å²) in [5, 5.41) is 15.9. The highest BCUT2D eigenvalue weighted by Crippen LogP contribution is 2.33. The number of amides is 2. The third-order valence-corrected chi connectivity index (χ3v) is 5.93. The number of hydrogen-bond donors (Lipinski definition) is 3. The summed E-state index contributed by atoms with van der Waals surface area (Å²) in [4.78, 5) is 61.4. The largest absolute Gasteiger partial charge is 0.476 e. The van der Waals surface area contributed by atoms with Crippen LogP contribution in [0.3, 0.4) is 0 Å². The van der Waals surface area contributed by atoms with Crippen LogP contribution >= 0.6 is 11.3 Å². The van der Waals surface area contributed by atoms with Crippen LogP contribution in [0, 0.1) is 6.92 Å². The maximum Gasteiger partial charge on any atom is 0.357 e. The summed E-state index contributed by atoms with van der Waals surface area (Å²) in [5.41, 5.74) is 4.46. The smallest absolute Gasteiger partial charge is 0.357 e. The molecule has 3 rings (SSSR count). The molecule has 0 unspecified atom stereocenters. The van der Waals surface area contributed by atoms with E-state index in [0.717, 1.165) is 11.3 Å². The number of fused-ring (bicyclic) bond motifs is 1. The highest BCUT2D eigenvalue weighted by atomic mass is 32.1. The minimum atomic E-state index is -1.37. The number of rotatable bonds is 9. The maximum atomic E-state index is 12.7. The van der Waals surface area contributed by atoms with Crippen LogP contribution in [0.1, 0.15) is 36.1 Å². The van der Waals surface area contributed by atoms with Gasteiger partial charge in [-0.05, 0) is 18.6 Å². The van der Waals surface area contributed by atoms with E-state index in [0.29, 0.717) is 4.68 Å². The summed E-state index contributed by atoms with van der Waals surface area (Å²) in [6.07, 6.45) is 0. The van der Waals surface area contributed by atoms with Crippen LogP contribution in [0.25, 0.3) is 10.8 Å². The van der Waals surface area contributed by atoms with E-state index in [1.54, 1.807) is 12.1 Å². The molecule has 0 saturated carbocycles. The number of thiophene rings is 1. The molecule has 1 aromatic carbocycles. The first-order chi connectivity index (χ1) is 16.1. The lowest BCUT2D eigenvalue weighted by Crippen LogP contribution is -2.31. The Kier molecular flexibility index (Phi) is 7.38. The molecule has 0 saturated heterocycles. The van der Waals surface area contributed by atoms with Gasteiger partial charge in [-0.1, -0.05) is 18.2 Å². The minimum Gasteiger partial charge on any atom is -0.476 e. The Morgan fingerprint density at radius 1 is 1.18 bits per heavy atom. The van der Waals surface area contributed by atoms with E-state index >= 15 is 0 Å². The predicted octanol–water partition coefficient (Wildman–Crippen LogP) is 1.01. The van der Waals surface area contributed by atoms with Crippen molar-refractivity contribution in [2.45, 2.75) is 13.5 Å². The second-order valence-electron chi connectivity index (χ2n) is 6.96. The third kappa shape index (κ3) is 4.94. The molecule has 0 atom stereocenters. The summed E-state index contributed by atoms with van der Waals surface area (Å²) < 4.78 is 10.6. The Hall–Kier alpha value is -4.10. The van der Waals surface area contributed by atoms with Gasteiger partial charge in [0.2, 0.25) is 5.91 Å². The van der Waals surface area contributed by atoms with Crippen molar-refractivity contribution in [1.29, 1.82) is 0 Å². The molecule has 2 amide bonds. The van der Waals surface area contributed by atoms with Gasteiger partial charge in [0.1, 0.15) is 18.2 Å². The fraction of sp³-hybridized carbons (Fsp3) is 0.238. The van der Waals surface area contributed by atoms with Crippen molar-refractivity contribution in [3.63, 3.8) is 0 Å². The first-order valence-electron chi connectivity index (χ1n) is 9.78. The molecule has 0 aliphatic heterocycles. The average molecular weight is 488 g/mol. The first-order valence-corrected chi connectivity index (χ1v) is 10.6. The molecule has 0 spiro atoms. The maximum absolute atomic E-state index is 12.7. The molecule has 0 radical (unpaired) electrons. The van der Waals surface area contributed by atoms with E-state index in [1.807, 2.05) is 0 Å². The number of carbonyl (C=O) groups excluding carboxylic acids is 3. The van der Waals surface area contributed by atoms with Crippen LogP contribution in [0.15, 0.2) is 29.1 Å². The summed E-state index contributed by atoms with van der Waals surface area (Å²) in [6, 6.07) is 5.99. The van der Waals surface area contributed by atoms with Crippen LogP contribution < -0.4 is 16.6 Å². The Morgan fingerprint density at radius 2 is 1.85 bits per heavy atom. The van der Waals surface area contributed by atoms with Gasteiger partial charge in [0.15, 0.2) is 5.69 Å². The zero-order valence-electron chi connectivity index (χ0n) is 18.1. The van der Waals surface area contributed by atoms with Crippen molar-refractivity contribution < 1.29 is 33.8 Å². The number of nitrogens with two attached hydrogens (primary N) is 1. The number of carboxylic acids is 1. The number of nitrogens with zero attached hydrogens (tertiary/aromatic N) is 2. The van der Waals surface area contributed by atoms with Gasteiger partial charge >= 0.3 is 11.9 Å². The van der Waals surface area contributed by atoms with Crippen LogP contribution in [-0.4, -0.2) is 59.0 Å². The first kappa shape index (κ1) is 24.5. The van der Waals surface area contributed by atoms with Crippen molar-refractivity contribution >= 4 is 50.9 Å². The molecular weight excluding hydrogens is 468 g/mol. The minimum absolute atomic E-state index is 0.00832. The molecule has 0 aliphatic carbocycles. The second-order valence-corrected chi connectivity index (χ2v) is 7.98.